The van der Waals surface area contributed by atoms with Crippen LogP contribution in [0.2, 0.25) is 0 Å². The van der Waals surface area contributed by atoms with E-state index in [0.29, 0.717) is 6.42 Å². The minimum absolute atomic E-state index is 0.590. The third kappa shape index (κ3) is 1.43. The van der Waals surface area contributed by atoms with Gasteiger partial charge in [-0.25, -0.2) is 0 Å². The molecular formula is C14H11O2. The highest BCUT2D eigenvalue weighted by atomic mass is 16.6. The van der Waals surface area contributed by atoms with E-state index < -0.39 is 0 Å². The van der Waals surface area contributed by atoms with Gasteiger partial charge in [0.15, 0.2) is 11.5 Å². The third-order valence-corrected chi connectivity index (χ3v) is 2.62. The maximum absolute atomic E-state index is 5.66. The number of rotatable bonds is 1. The van der Waals surface area contributed by atoms with Gasteiger partial charge in [-0.3, -0.25) is 0 Å². The quantitative estimate of drug-likeness (QED) is 0.716. The minimum Gasteiger partial charge on any atom is -0.458 e. The maximum Gasteiger partial charge on any atom is 0.170 e. The molecule has 1 radical (unpaired) electrons. The van der Waals surface area contributed by atoms with Crippen LogP contribution in [-0.2, 0) is 0 Å². The average Bonchev–Trinajstić information content (AvgIpc) is 2.35. The first-order valence-corrected chi connectivity index (χ1v) is 5.22. The van der Waals surface area contributed by atoms with Crippen molar-refractivity contribution in [3.63, 3.8) is 0 Å². The summed E-state index contributed by atoms with van der Waals surface area (Å²) in [5.41, 5.74) is 0. The van der Waals surface area contributed by atoms with Crippen LogP contribution in [0.5, 0.6) is 11.5 Å². The molecule has 0 amide bonds. The summed E-state index contributed by atoms with van der Waals surface area (Å²) in [6.45, 7) is 3.77. The van der Waals surface area contributed by atoms with Gasteiger partial charge in [-0.1, -0.05) is 24.3 Å². The Labute approximate surface area is 94.1 Å². The van der Waals surface area contributed by atoms with E-state index >= 15 is 0 Å². The van der Waals surface area contributed by atoms with Gasteiger partial charge in [0.1, 0.15) is 12.0 Å². The molecule has 0 N–H and O–H groups in total. The Kier molecular flexibility index (Phi) is 2.07. The summed E-state index contributed by atoms with van der Waals surface area (Å²) in [6.07, 6.45) is 2.20. The first kappa shape index (κ1) is 9.28. The van der Waals surface area contributed by atoms with Crippen LogP contribution in [0.15, 0.2) is 48.4 Å². The predicted molar refractivity (Wildman–Crippen MR) is 63.3 cm³/mol. The second-order valence-electron chi connectivity index (χ2n) is 3.70. The van der Waals surface area contributed by atoms with Gasteiger partial charge in [-0.15, -0.1) is 0 Å². The van der Waals surface area contributed by atoms with Gasteiger partial charge >= 0.3 is 0 Å². The lowest BCUT2D eigenvalue weighted by molar-refractivity contribution is 0.320. The highest BCUT2D eigenvalue weighted by molar-refractivity contribution is 5.86. The summed E-state index contributed by atoms with van der Waals surface area (Å²) in [6, 6.07) is 12.1. The molecule has 2 aromatic carbocycles. The summed E-state index contributed by atoms with van der Waals surface area (Å²) < 4.78 is 11.2. The molecule has 0 unspecified atom stereocenters. The second kappa shape index (κ2) is 3.56. The smallest absolute Gasteiger partial charge is 0.170 e. The molecule has 79 valence electrons. The van der Waals surface area contributed by atoms with Crippen molar-refractivity contribution in [1.82, 2.24) is 0 Å². The topological polar surface area (TPSA) is 18.5 Å². The molecule has 1 heterocycles. The van der Waals surface area contributed by atoms with Crippen molar-refractivity contribution < 1.29 is 9.47 Å². The SMILES string of the molecule is [CH2]CC1=COc2cc3ccccc3cc2O1. The van der Waals surface area contributed by atoms with Crippen molar-refractivity contribution in [2.45, 2.75) is 6.42 Å². The van der Waals surface area contributed by atoms with E-state index in [4.69, 9.17) is 9.47 Å². The Morgan fingerprint density at radius 1 is 1.00 bits per heavy atom. The maximum atomic E-state index is 5.66. The van der Waals surface area contributed by atoms with E-state index in [2.05, 4.69) is 19.1 Å². The summed E-state index contributed by atoms with van der Waals surface area (Å²) in [5, 5.41) is 2.30. The molecule has 2 heteroatoms. The predicted octanol–water partition coefficient (Wildman–Crippen LogP) is 3.68. The molecule has 0 aromatic heterocycles. The minimum atomic E-state index is 0.590. The molecule has 0 fully saturated rings. The zero-order valence-electron chi connectivity index (χ0n) is 8.77. The largest absolute Gasteiger partial charge is 0.458 e. The van der Waals surface area contributed by atoms with Gasteiger partial charge in [0.25, 0.3) is 0 Å². The zero-order chi connectivity index (χ0) is 11.0. The van der Waals surface area contributed by atoms with Crippen molar-refractivity contribution in [1.29, 1.82) is 0 Å². The van der Waals surface area contributed by atoms with Crippen LogP contribution >= 0.6 is 0 Å². The van der Waals surface area contributed by atoms with Crippen LogP contribution < -0.4 is 9.47 Å². The van der Waals surface area contributed by atoms with E-state index in [1.54, 1.807) is 6.26 Å². The fourth-order valence-corrected chi connectivity index (χ4v) is 1.77. The summed E-state index contributed by atoms with van der Waals surface area (Å²) in [7, 11) is 0. The van der Waals surface area contributed by atoms with Gasteiger partial charge in [-0.05, 0) is 29.8 Å². The molecule has 1 aliphatic rings. The molecule has 0 saturated carbocycles. The van der Waals surface area contributed by atoms with Gasteiger partial charge in [-0.2, -0.15) is 0 Å². The first-order chi connectivity index (χ1) is 7.86. The molecule has 0 spiro atoms. The molecule has 3 rings (SSSR count). The zero-order valence-corrected chi connectivity index (χ0v) is 8.77. The number of hydrogen-bond acceptors (Lipinski definition) is 2. The monoisotopic (exact) mass is 211 g/mol. The highest BCUT2D eigenvalue weighted by Gasteiger charge is 2.13. The molecule has 1 aliphatic heterocycles. The van der Waals surface area contributed by atoms with Crippen LogP contribution in [0, 0.1) is 6.92 Å². The lowest BCUT2D eigenvalue weighted by atomic mass is 10.1. The Balaban J connectivity index is 2.14. The molecule has 2 aromatic rings. The van der Waals surface area contributed by atoms with Crippen molar-refractivity contribution in [3.8, 4) is 11.5 Å². The van der Waals surface area contributed by atoms with E-state index in [1.165, 1.54) is 0 Å². The van der Waals surface area contributed by atoms with Crippen molar-refractivity contribution >= 4 is 10.8 Å². The highest BCUT2D eigenvalue weighted by Crippen LogP contribution is 2.36. The number of hydrogen-bond donors (Lipinski definition) is 0. The van der Waals surface area contributed by atoms with Gasteiger partial charge < -0.3 is 9.47 Å². The molecule has 16 heavy (non-hydrogen) atoms. The number of benzene rings is 2. The molecule has 0 saturated heterocycles. The van der Waals surface area contributed by atoms with Crippen LogP contribution in [-0.4, -0.2) is 0 Å². The number of ether oxygens (including phenoxy) is 2. The van der Waals surface area contributed by atoms with Gasteiger partial charge in [0.05, 0.1) is 0 Å². The van der Waals surface area contributed by atoms with Crippen LogP contribution in [0.1, 0.15) is 6.42 Å². The van der Waals surface area contributed by atoms with Gasteiger partial charge in [0.2, 0.25) is 0 Å². The lowest BCUT2D eigenvalue weighted by Gasteiger charge is -2.18. The Hall–Kier alpha value is -1.96. The molecule has 0 aliphatic carbocycles. The molecule has 2 nitrogen and oxygen atoms in total. The Morgan fingerprint density at radius 2 is 1.69 bits per heavy atom. The summed E-state index contributed by atoms with van der Waals surface area (Å²) in [4.78, 5) is 0. The van der Waals surface area contributed by atoms with Crippen LogP contribution in [0.3, 0.4) is 0 Å². The summed E-state index contributed by atoms with van der Waals surface area (Å²) in [5.74, 6) is 2.28. The lowest BCUT2D eigenvalue weighted by Crippen LogP contribution is -2.03. The molecule has 0 atom stereocenters. The molecular weight excluding hydrogens is 200 g/mol. The summed E-state index contributed by atoms with van der Waals surface area (Å²) >= 11 is 0. The normalized spacial score (nSPS) is 13.7. The van der Waals surface area contributed by atoms with E-state index in [0.717, 1.165) is 28.0 Å². The van der Waals surface area contributed by atoms with Crippen molar-refractivity contribution in [2.24, 2.45) is 0 Å². The van der Waals surface area contributed by atoms with Crippen LogP contribution in [0.4, 0.5) is 0 Å². The molecule has 0 bridgehead atoms. The van der Waals surface area contributed by atoms with E-state index in [-0.39, 0.29) is 0 Å². The second-order valence-corrected chi connectivity index (χ2v) is 3.70. The fraction of sp³-hybridized carbons (Fsp3) is 0.0714. The van der Waals surface area contributed by atoms with Crippen LogP contribution in [0.25, 0.3) is 10.8 Å². The van der Waals surface area contributed by atoms with Crippen molar-refractivity contribution in [2.75, 3.05) is 0 Å². The van der Waals surface area contributed by atoms with E-state index in [9.17, 15) is 0 Å². The fourth-order valence-electron chi connectivity index (χ4n) is 1.77. The first-order valence-electron chi connectivity index (χ1n) is 5.22. The number of fused-ring (bicyclic) bond motifs is 2. The standard InChI is InChI=1S/C14H11O2/c1-2-12-9-15-13-7-10-5-3-4-6-11(10)8-14(13)16-12/h3-9H,1-2H2. The number of allylic oxidation sites excluding steroid dienone is 1. The third-order valence-electron chi connectivity index (χ3n) is 2.62. The van der Waals surface area contributed by atoms with Crippen molar-refractivity contribution in [3.05, 3.63) is 55.3 Å². The Bertz CT molecular complexity index is 570. The van der Waals surface area contributed by atoms with E-state index in [1.807, 2.05) is 24.3 Å². The average molecular weight is 211 g/mol. The van der Waals surface area contributed by atoms with Gasteiger partial charge in [0, 0.05) is 6.42 Å². The Morgan fingerprint density at radius 3 is 2.38 bits per heavy atom.